The van der Waals surface area contributed by atoms with Gasteiger partial charge in [-0.1, -0.05) is 17.7 Å². The fraction of sp³-hybridized carbons (Fsp3) is 0.333. The molecule has 0 spiro atoms. The monoisotopic (exact) mass is 304 g/mol. The van der Waals surface area contributed by atoms with Crippen molar-refractivity contribution in [1.82, 2.24) is 9.97 Å². The molecule has 1 saturated carbocycles. The van der Waals surface area contributed by atoms with Gasteiger partial charge in [0.25, 0.3) is 0 Å². The third kappa shape index (κ3) is 2.94. The Morgan fingerprint density at radius 3 is 2.71 bits per heavy atom. The topological polar surface area (TPSA) is 73.1 Å². The van der Waals surface area contributed by atoms with E-state index in [1.54, 1.807) is 6.07 Å². The third-order valence-electron chi connectivity index (χ3n) is 3.55. The molecular weight excluding hydrogens is 288 g/mol. The second-order valence-electron chi connectivity index (χ2n) is 5.29. The van der Waals surface area contributed by atoms with E-state index in [-0.39, 0.29) is 0 Å². The lowest BCUT2D eigenvalue weighted by Gasteiger charge is -2.14. The van der Waals surface area contributed by atoms with Crippen molar-refractivity contribution in [2.24, 2.45) is 5.84 Å². The first-order valence-electron chi connectivity index (χ1n) is 6.87. The molecule has 1 aliphatic carbocycles. The van der Waals surface area contributed by atoms with Crippen LogP contribution in [-0.4, -0.2) is 9.97 Å². The lowest BCUT2D eigenvalue weighted by Crippen LogP contribution is -2.13. The predicted molar refractivity (Wildman–Crippen MR) is 82.8 cm³/mol. The van der Waals surface area contributed by atoms with Crippen LogP contribution >= 0.6 is 11.6 Å². The first kappa shape index (κ1) is 14.1. The lowest BCUT2D eigenvalue weighted by molar-refractivity contribution is 0.451. The molecule has 3 rings (SSSR count). The van der Waals surface area contributed by atoms with E-state index < -0.39 is 0 Å². The van der Waals surface area contributed by atoms with Crippen LogP contribution in [-0.2, 0) is 0 Å². The molecule has 1 heterocycles. The molecule has 3 N–H and O–H groups in total. The fourth-order valence-corrected chi connectivity index (χ4v) is 2.23. The number of aryl methyl sites for hydroxylation is 1. The molecule has 0 unspecified atom stereocenters. The van der Waals surface area contributed by atoms with Gasteiger partial charge in [0.2, 0.25) is 5.88 Å². The standard InChI is InChI=1S/C15H17ClN4O/c1-8-3-6-11(16)7-12(8)21-15-9(2)13(20-17)18-14(19-15)10-4-5-10/h3,6-7,10H,4-5,17H2,1-2H3,(H,18,19,20). The van der Waals surface area contributed by atoms with Crippen molar-refractivity contribution >= 4 is 17.4 Å². The molecule has 1 fully saturated rings. The van der Waals surface area contributed by atoms with Crippen LogP contribution < -0.4 is 16.0 Å². The van der Waals surface area contributed by atoms with E-state index in [9.17, 15) is 0 Å². The van der Waals surface area contributed by atoms with Gasteiger partial charge >= 0.3 is 0 Å². The summed E-state index contributed by atoms with van der Waals surface area (Å²) in [6.45, 7) is 3.84. The van der Waals surface area contributed by atoms with Crippen molar-refractivity contribution in [2.45, 2.75) is 32.6 Å². The van der Waals surface area contributed by atoms with Crippen molar-refractivity contribution in [2.75, 3.05) is 5.43 Å². The highest BCUT2D eigenvalue weighted by molar-refractivity contribution is 6.30. The Hall–Kier alpha value is -1.85. The van der Waals surface area contributed by atoms with Crippen LogP contribution in [0.5, 0.6) is 11.6 Å². The Kier molecular flexibility index (Phi) is 3.69. The van der Waals surface area contributed by atoms with Crippen molar-refractivity contribution in [3.63, 3.8) is 0 Å². The minimum absolute atomic E-state index is 0.417. The van der Waals surface area contributed by atoms with Crippen LogP contribution in [0.25, 0.3) is 0 Å². The van der Waals surface area contributed by atoms with E-state index >= 15 is 0 Å². The molecule has 5 nitrogen and oxygen atoms in total. The lowest BCUT2D eigenvalue weighted by atomic mass is 10.2. The molecule has 1 aromatic carbocycles. The quantitative estimate of drug-likeness (QED) is 0.665. The van der Waals surface area contributed by atoms with Gasteiger partial charge in [-0.2, -0.15) is 4.98 Å². The highest BCUT2D eigenvalue weighted by Gasteiger charge is 2.28. The van der Waals surface area contributed by atoms with Gasteiger partial charge in [0.05, 0.1) is 5.56 Å². The van der Waals surface area contributed by atoms with Crippen LogP contribution in [0.4, 0.5) is 5.82 Å². The van der Waals surface area contributed by atoms with E-state index in [0.717, 1.165) is 29.8 Å². The summed E-state index contributed by atoms with van der Waals surface area (Å²) in [7, 11) is 0. The number of hydrogen-bond acceptors (Lipinski definition) is 5. The Bertz CT molecular complexity index is 686. The largest absolute Gasteiger partial charge is 0.438 e. The number of nitrogen functional groups attached to an aromatic ring is 1. The summed E-state index contributed by atoms with van der Waals surface area (Å²) in [4.78, 5) is 8.98. The number of hydrazine groups is 1. The highest BCUT2D eigenvalue weighted by atomic mass is 35.5. The van der Waals surface area contributed by atoms with Gasteiger partial charge < -0.3 is 10.2 Å². The molecule has 0 radical (unpaired) electrons. The van der Waals surface area contributed by atoms with Crippen LogP contribution in [0.3, 0.4) is 0 Å². The highest BCUT2D eigenvalue weighted by Crippen LogP contribution is 2.40. The minimum atomic E-state index is 0.417. The van der Waals surface area contributed by atoms with Crippen molar-refractivity contribution in [1.29, 1.82) is 0 Å². The zero-order valence-corrected chi connectivity index (χ0v) is 12.7. The number of anilines is 1. The number of aromatic nitrogens is 2. The molecule has 110 valence electrons. The van der Waals surface area contributed by atoms with Gasteiger partial charge in [-0.25, -0.2) is 10.8 Å². The van der Waals surface area contributed by atoms with Gasteiger partial charge in [0.1, 0.15) is 11.6 Å². The van der Waals surface area contributed by atoms with Crippen LogP contribution in [0.15, 0.2) is 18.2 Å². The molecular formula is C15H17ClN4O. The summed E-state index contributed by atoms with van der Waals surface area (Å²) in [6.07, 6.45) is 2.23. The van der Waals surface area contributed by atoms with E-state index in [2.05, 4.69) is 15.4 Å². The Balaban J connectivity index is 2.00. The Morgan fingerprint density at radius 2 is 2.05 bits per heavy atom. The molecule has 21 heavy (non-hydrogen) atoms. The molecule has 6 heteroatoms. The smallest absolute Gasteiger partial charge is 0.227 e. The van der Waals surface area contributed by atoms with E-state index in [0.29, 0.717) is 28.4 Å². The number of benzene rings is 1. The number of nitrogens with zero attached hydrogens (tertiary/aromatic N) is 2. The molecule has 1 aromatic heterocycles. The number of nitrogens with two attached hydrogens (primary N) is 1. The Labute approximate surface area is 128 Å². The number of rotatable bonds is 4. The third-order valence-corrected chi connectivity index (χ3v) is 3.79. The normalized spacial score (nSPS) is 14.1. The Morgan fingerprint density at radius 1 is 1.29 bits per heavy atom. The molecule has 0 amide bonds. The van der Waals surface area contributed by atoms with Gasteiger partial charge in [0, 0.05) is 10.9 Å². The van der Waals surface area contributed by atoms with Gasteiger partial charge in [-0.05, 0) is 44.4 Å². The molecule has 1 aliphatic rings. The fourth-order valence-electron chi connectivity index (χ4n) is 2.06. The summed E-state index contributed by atoms with van der Waals surface area (Å²) >= 11 is 6.03. The molecule has 0 saturated heterocycles. The van der Waals surface area contributed by atoms with E-state index in [1.807, 2.05) is 26.0 Å². The number of hydrogen-bond donors (Lipinski definition) is 2. The molecule has 2 aromatic rings. The first-order chi connectivity index (χ1) is 10.1. The first-order valence-corrected chi connectivity index (χ1v) is 7.25. The zero-order valence-electron chi connectivity index (χ0n) is 12.0. The number of nitrogens with one attached hydrogen (secondary N) is 1. The maximum absolute atomic E-state index is 6.03. The van der Waals surface area contributed by atoms with Crippen LogP contribution in [0.2, 0.25) is 5.02 Å². The van der Waals surface area contributed by atoms with Gasteiger partial charge in [-0.3, -0.25) is 0 Å². The summed E-state index contributed by atoms with van der Waals surface area (Å²) < 4.78 is 5.95. The van der Waals surface area contributed by atoms with Crippen molar-refractivity contribution in [3.05, 3.63) is 40.2 Å². The number of halogens is 1. The maximum atomic E-state index is 6.03. The SMILES string of the molecule is Cc1ccc(Cl)cc1Oc1nc(C2CC2)nc(NN)c1C. The van der Waals surface area contributed by atoms with Crippen LogP contribution in [0, 0.1) is 13.8 Å². The zero-order chi connectivity index (χ0) is 15.0. The second kappa shape index (κ2) is 5.50. The average molecular weight is 305 g/mol. The minimum Gasteiger partial charge on any atom is -0.438 e. The van der Waals surface area contributed by atoms with E-state index in [4.69, 9.17) is 22.2 Å². The van der Waals surface area contributed by atoms with Gasteiger partial charge in [-0.15, -0.1) is 0 Å². The molecule has 0 aliphatic heterocycles. The summed E-state index contributed by atoms with van der Waals surface area (Å²) in [5.74, 6) is 8.54. The summed E-state index contributed by atoms with van der Waals surface area (Å²) in [5.41, 5.74) is 4.39. The average Bonchev–Trinajstić information content (AvgIpc) is 3.29. The summed E-state index contributed by atoms with van der Waals surface area (Å²) in [6, 6.07) is 5.53. The summed E-state index contributed by atoms with van der Waals surface area (Å²) in [5, 5.41) is 0.627. The van der Waals surface area contributed by atoms with Crippen molar-refractivity contribution < 1.29 is 4.74 Å². The van der Waals surface area contributed by atoms with E-state index in [1.165, 1.54) is 0 Å². The molecule has 0 bridgehead atoms. The predicted octanol–water partition coefficient (Wildman–Crippen LogP) is 3.70. The second-order valence-corrected chi connectivity index (χ2v) is 5.73. The number of ether oxygens (including phenoxy) is 1. The van der Waals surface area contributed by atoms with Crippen molar-refractivity contribution in [3.8, 4) is 11.6 Å². The van der Waals surface area contributed by atoms with Gasteiger partial charge in [0.15, 0.2) is 5.82 Å². The van der Waals surface area contributed by atoms with Crippen LogP contribution in [0.1, 0.15) is 35.7 Å². The molecule has 0 atom stereocenters. The maximum Gasteiger partial charge on any atom is 0.227 e.